The predicted octanol–water partition coefficient (Wildman–Crippen LogP) is 7.54. The van der Waals surface area contributed by atoms with E-state index in [1.807, 2.05) is 66.7 Å². The average molecular weight is 494 g/mol. The summed E-state index contributed by atoms with van der Waals surface area (Å²) < 4.78 is 11.2. The molecule has 36 heavy (non-hydrogen) atoms. The maximum absolute atomic E-state index is 13.0. The van der Waals surface area contributed by atoms with E-state index in [1.165, 1.54) is 7.11 Å². The first-order valence-corrected chi connectivity index (χ1v) is 11.8. The molecule has 5 heteroatoms. The quantitative estimate of drug-likeness (QED) is 0.110. The van der Waals surface area contributed by atoms with Crippen molar-refractivity contribution in [3.8, 4) is 17.6 Å². The Morgan fingerprint density at radius 2 is 1.56 bits per heavy atom. The second-order valence-corrected chi connectivity index (χ2v) is 8.58. The van der Waals surface area contributed by atoms with Gasteiger partial charge in [-0.25, -0.2) is 0 Å². The summed E-state index contributed by atoms with van der Waals surface area (Å²) in [6.07, 6.45) is 1.91. The van der Waals surface area contributed by atoms with Crippen LogP contribution in [0.1, 0.15) is 34.6 Å². The minimum Gasteiger partial charge on any atom is -0.493 e. The molecule has 0 radical (unpaired) electrons. The van der Waals surface area contributed by atoms with E-state index in [0.29, 0.717) is 27.7 Å². The Bertz CT molecular complexity index is 1370. The Kier molecular flexibility index (Phi) is 8.18. The van der Waals surface area contributed by atoms with Crippen molar-refractivity contribution in [2.75, 3.05) is 7.11 Å². The Morgan fingerprint density at radius 1 is 0.889 bits per heavy atom. The van der Waals surface area contributed by atoms with Gasteiger partial charge in [0, 0.05) is 10.9 Å². The van der Waals surface area contributed by atoms with Crippen molar-refractivity contribution in [2.24, 2.45) is 0 Å². The summed E-state index contributed by atoms with van der Waals surface area (Å²) in [4.78, 5) is 13.0. The highest BCUT2D eigenvalue weighted by molar-refractivity contribution is 6.30. The van der Waals surface area contributed by atoms with Gasteiger partial charge in [-0.1, -0.05) is 90.5 Å². The van der Waals surface area contributed by atoms with Gasteiger partial charge < -0.3 is 9.47 Å². The molecule has 0 saturated heterocycles. The number of ether oxygens (including phenoxy) is 2. The standard InChI is InChI=1S/C31H24ClNO3/c1-35-30-18-22(17-26(21-33)25-13-8-14-27(32)19-25)15-16-29(30)36-31(34)20-28(23-9-4-2-5-10-23)24-11-6-3-7-12-24/h2-19,28H,20H2,1H3/b26-17-. The third kappa shape index (κ3) is 6.21. The molecule has 0 aliphatic carbocycles. The van der Waals surface area contributed by atoms with Crippen LogP contribution >= 0.6 is 11.6 Å². The molecule has 0 spiro atoms. The molecule has 0 N–H and O–H groups in total. The first-order chi connectivity index (χ1) is 17.6. The molecular formula is C31H24ClNO3. The van der Waals surface area contributed by atoms with Crippen LogP contribution in [0, 0.1) is 11.3 Å². The van der Waals surface area contributed by atoms with Gasteiger partial charge in [0.1, 0.15) is 0 Å². The maximum atomic E-state index is 13.0. The van der Waals surface area contributed by atoms with E-state index < -0.39 is 0 Å². The molecule has 0 bridgehead atoms. The van der Waals surface area contributed by atoms with E-state index in [1.54, 1.807) is 42.5 Å². The number of hydrogen-bond donors (Lipinski definition) is 0. The van der Waals surface area contributed by atoms with Crippen molar-refractivity contribution >= 4 is 29.2 Å². The lowest BCUT2D eigenvalue weighted by atomic mass is 9.88. The second kappa shape index (κ2) is 11.9. The second-order valence-electron chi connectivity index (χ2n) is 8.14. The number of carbonyl (C=O) groups is 1. The SMILES string of the molecule is COc1cc(/C=C(/C#N)c2cccc(Cl)c2)ccc1OC(=O)CC(c1ccccc1)c1ccccc1. The third-order valence-corrected chi connectivity index (χ3v) is 5.99. The minimum absolute atomic E-state index is 0.135. The average Bonchev–Trinajstić information content (AvgIpc) is 2.92. The van der Waals surface area contributed by atoms with E-state index in [-0.39, 0.29) is 18.3 Å². The van der Waals surface area contributed by atoms with Gasteiger partial charge in [0.2, 0.25) is 0 Å². The van der Waals surface area contributed by atoms with Crippen LogP contribution in [0.5, 0.6) is 11.5 Å². The number of rotatable bonds is 8. The van der Waals surface area contributed by atoms with Crippen LogP contribution < -0.4 is 9.47 Å². The topological polar surface area (TPSA) is 59.3 Å². The largest absolute Gasteiger partial charge is 0.493 e. The Balaban J connectivity index is 1.55. The molecule has 0 aliphatic rings. The minimum atomic E-state index is -0.370. The summed E-state index contributed by atoms with van der Waals surface area (Å²) in [6, 6.07) is 34.3. The van der Waals surface area contributed by atoms with Crippen LogP contribution in [0.3, 0.4) is 0 Å². The van der Waals surface area contributed by atoms with Gasteiger partial charge in [-0.05, 0) is 52.6 Å². The molecule has 0 saturated carbocycles. The Morgan fingerprint density at radius 3 is 2.14 bits per heavy atom. The van der Waals surface area contributed by atoms with E-state index in [2.05, 4.69) is 6.07 Å². The van der Waals surface area contributed by atoms with Gasteiger partial charge in [0.05, 0.1) is 25.2 Å². The van der Waals surface area contributed by atoms with Crippen LogP contribution in [0.25, 0.3) is 11.6 Å². The summed E-state index contributed by atoms with van der Waals surface area (Å²) in [7, 11) is 1.51. The monoisotopic (exact) mass is 493 g/mol. The molecule has 4 aromatic rings. The zero-order valence-corrected chi connectivity index (χ0v) is 20.5. The molecule has 0 heterocycles. The van der Waals surface area contributed by atoms with Crippen molar-refractivity contribution in [1.29, 1.82) is 5.26 Å². The highest BCUT2D eigenvalue weighted by Crippen LogP contribution is 2.33. The Labute approximate surface area is 216 Å². The summed E-state index contributed by atoms with van der Waals surface area (Å²) in [5.41, 5.74) is 3.98. The van der Waals surface area contributed by atoms with Gasteiger partial charge in [-0.3, -0.25) is 4.79 Å². The van der Waals surface area contributed by atoms with Crippen molar-refractivity contribution in [3.05, 3.63) is 130 Å². The zero-order chi connectivity index (χ0) is 25.3. The first-order valence-electron chi connectivity index (χ1n) is 11.4. The molecule has 0 aromatic heterocycles. The number of allylic oxidation sites excluding steroid dienone is 1. The van der Waals surface area contributed by atoms with Crippen LogP contribution in [-0.2, 0) is 4.79 Å². The zero-order valence-electron chi connectivity index (χ0n) is 19.7. The number of nitrogens with zero attached hydrogens (tertiary/aromatic N) is 1. The van der Waals surface area contributed by atoms with Crippen molar-refractivity contribution in [2.45, 2.75) is 12.3 Å². The molecular weight excluding hydrogens is 470 g/mol. The van der Waals surface area contributed by atoms with Crippen LogP contribution in [0.2, 0.25) is 5.02 Å². The highest BCUT2D eigenvalue weighted by Gasteiger charge is 2.20. The lowest BCUT2D eigenvalue weighted by molar-refractivity contribution is -0.134. The van der Waals surface area contributed by atoms with Crippen LogP contribution in [-0.4, -0.2) is 13.1 Å². The smallest absolute Gasteiger partial charge is 0.312 e. The van der Waals surface area contributed by atoms with E-state index in [9.17, 15) is 10.1 Å². The van der Waals surface area contributed by atoms with Crippen molar-refractivity contribution < 1.29 is 14.3 Å². The fourth-order valence-corrected chi connectivity index (χ4v) is 4.18. The number of nitriles is 1. The molecule has 4 nitrogen and oxygen atoms in total. The lowest BCUT2D eigenvalue weighted by Gasteiger charge is -2.18. The first kappa shape index (κ1) is 24.8. The van der Waals surface area contributed by atoms with Gasteiger partial charge in [-0.2, -0.15) is 5.26 Å². The highest BCUT2D eigenvalue weighted by atomic mass is 35.5. The molecule has 0 unspecified atom stereocenters. The van der Waals surface area contributed by atoms with Gasteiger partial charge >= 0.3 is 5.97 Å². The molecule has 178 valence electrons. The molecule has 4 aromatic carbocycles. The summed E-state index contributed by atoms with van der Waals surface area (Å²) in [6.45, 7) is 0. The number of esters is 1. The molecule has 0 amide bonds. The summed E-state index contributed by atoms with van der Waals surface area (Å²) in [5, 5.41) is 10.2. The van der Waals surface area contributed by atoms with E-state index >= 15 is 0 Å². The fourth-order valence-electron chi connectivity index (χ4n) is 3.99. The molecule has 0 aliphatic heterocycles. The van der Waals surface area contributed by atoms with Crippen molar-refractivity contribution in [1.82, 2.24) is 0 Å². The number of benzene rings is 4. The number of hydrogen-bond acceptors (Lipinski definition) is 4. The van der Waals surface area contributed by atoms with Gasteiger partial charge in [0.15, 0.2) is 11.5 Å². The maximum Gasteiger partial charge on any atom is 0.312 e. The predicted molar refractivity (Wildman–Crippen MR) is 143 cm³/mol. The summed E-state index contributed by atoms with van der Waals surface area (Å²) >= 11 is 6.07. The van der Waals surface area contributed by atoms with E-state index in [0.717, 1.165) is 16.7 Å². The lowest BCUT2D eigenvalue weighted by Crippen LogP contribution is -2.14. The molecule has 4 rings (SSSR count). The van der Waals surface area contributed by atoms with Crippen LogP contribution in [0.4, 0.5) is 0 Å². The number of methoxy groups -OCH3 is 1. The third-order valence-electron chi connectivity index (χ3n) is 5.75. The normalized spacial score (nSPS) is 11.1. The number of halogens is 1. The number of carbonyl (C=O) groups excluding carboxylic acids is 1. The van der Waals surface area contributed by atoms with E-state index in [4.69, 9.17) is 21.1 Å². The summed E-state index contributed by atoms with van der Waals surface area (Å²) in [5.74, 6) is 0.215. The Hall–Kier alpha value is -4.33. The van der Waals surface area contributed by atoms with Crippen LogP contribution in [0.15, 0.2) is 103 Å². The molecule has 0 fully saturated rings. The molecule has 0 atom stereocenters. The van der Waals surface area contributed by atoms with Gasteiger partial charge in [0.25, 0.3) is 0 Å². The van der Waals surface area contributed by atoms with Crippen molar-refractivity contribution in [3.63, 3.8) is 0 Å². The van der Waals surface area contributed by atoms with Gasteiger partial charge in [-0.15, -0.1) is 0 Å². The fraction of sp³-hybridized carbons (Fsp3) is 0.0968.